The van der Waals surface area contributed by atoms with Crippen LogP contribution in [0.5, 0.6) is 0 Å². The van der Waals surface area contributed by atoms with Crippen LogP contribution in [0.2, 0.25) is 0 Å². The van der Waals surface area contributed by atoms with Crippen molar-refractivity contribution >= 4 is 17.4 Å². The SMILES string of the molecule is Cc1cccc(N2CCN(c3ccc(C(=O)NC4CCCC4)cn3)CC2)c1C. The maximum absolute atomic E-state index is 12.4. The number of hydrogen-bond donors (Lipinski definition) is 1. The van der Waals surface area contributed by atoms with Crippen LogP contribution in [0.15, 0.2) is 36.5 Å². The standard InChI is InChI=1S/C23H30N4O/c1-17-6-5-9-21(18(17)2)26-12-14-27(15-13-26)22-11-10-19(16-24-22)23(28)25-20-7-3-4-8-20/h5-6,9-11,16,20H,3-4,7-8,12-15H2,1-2H3,(H,25,28). The van der Waals surface area contributed by atoms with Crippen molar-refractivity contribution in [3.05, 3.63) is 53.2 Å². The van der Waals surface area contributed by atoms with E-state index in [0.29, 0.717) is 11.6 Å². The molecule has 5 nitrogen and oxygen atoms in total. The number of pyridine rings is 1. The van der Waals surface area contributed by atoms with E-state index in [-0.39, 0.29) is 5.91 Å². The second kappa shape index (κ2) is 8.21. The highest BCUT2D eigenvalue weighted by atomic mass is 16.1. The summed E-state index contributed by atoms with van der Waals surface area (Å²) in [7, 11) is 0. The molecule has 2 heterocycles. The first-order chi connectivity index (χ1) is 13.6. The van der Waals surface area contributed by atoms with E-state index in [1.807, 2.05) is 12.1 Å². The molecule has 2 aromatic rings. The van der Waals surface area contributed by atoms with Crippen LogP contribution in [0.1, 0.15) is 47.2 Å². The molecule has 0 unspecified atom stereocenters. The molecule has 1 aromatic heterocycles. The lowest BCUT2D eigenvalue weighted by atomic mass is 10.1. The van der Waals surface area contributed by atoms with Gasteiger partial charge in [-0.25, -0.2) is 4.98 Å². The van der Waals surface area contributed by atoms with Gasteiger partial charge in [0.1, 0.15) is 5.82 Å². The number of benzene rings is 1. The van der Waals surface area contributed by atoms with Crippen LogP contribution in [0.4, 0.5) is 11.5 Å². The molecule has 148 valence electrons. The number of piperazine rings is 1. The normalized spacial score (nSPS) is 17.8. The number of carbonyl (C=O) groups excluding carboxylic acids is 1. The second-order valence-corrected chi connectivity index (χ2v) is 8.05. The zero-order valence-corrected chi connectivity index (χ0v) is 16.9. The van der Waals surface area contributed by atoms with E-state index < -0.39 is 0 Å². The summed E-state index contributed by atoms with van der Waals surface area (Å²) in [5.74, 6) is 0.962. The molecule has 4 rings (SSSR count). The number of aromatic nitrogens is 1. The fraction of sp³-hybridized carbons (Fsp3) is 0.478. The van der Waals surface area contributed by atoms with E-state index in [2.05, 4.69) is 52.1 Å². The summed E-state index contributed by atoms with van der Waals surface area (Å²) in [6.07, 6.45) is 6.35. The topological polar surface area (TPSA) is 48.5 Å². The first-order valence-corrected chi connectivity index (χ1v) is 10.4. The summed E-state index contributed by atoms with van der Waals surface area (Å²) in [5.41, 5.74) is 4.70. The minimum atomic E-state index is 0.00527. The molecule has 1 N–H and O–H groups in total. The van der Waals surface area contributed by atoms with Crippen LogP contribution < -0.4 is 15.1 Å². The van der Waals surface area contributed by atoms with Crippen LogP contribution >= 0.6 is 0 Å². The number of nitrogens with zero attached hydrogens (tertiary/aromatic N) is 3. The Morgan fingerprint density at radius 2 is 1.71 bits per heavy atom. The average molecular weight is 379 g/mol. The van der Waals surface area contributed by atoms with Crippen LogP contribution in [-0.4, -0.2) is 43.1 Å². The molecule has 1 aliphatic carbocycles. The van der Waals surface area contributed by atoms with Crippen LogP contribution in [0, 0.1) is 13.8 Å². The Labute approximate surface area is 167 Å². The largest absolute Gasteiger partial charge is 0.368 e. The summed E-state index contributed by atoms with van der Waals surface area (Å²) < 4.78 is 0. The first kappa shape index (κ1) is 18.8. The highest BCUT2D eigenvalue weighted by molar-refractivity contribution is 5.94. The van der Waals surface area contributed by atoms with Gasteiger partial charge in [-0.2, -0.15) is 0 Å². The van der Waals surface area contributed by atoms with Crippen LogP contribution in [0.3, 0.4) is 0 Å². The number of anilines is 2. The Hall–Kier alpha value is -2.56. The molecule has 1 saturated carbocycles. The van der Waals surface area contributed by atoms with Gasteiger partial charge in [0.2, 0.25) is 0 Å². The minimum Gasteiger partial charge on any atom is -0.368 e. The number of rotatable bonds is 4. The fourth-order valence-electron chi connectivity index (χ4n) is 4.30. The molecule has 0 bridgehead atoms. The Morgan fingerprint density at radius 1 is 1.00 bits per heavy atom. The first-order valence-electron chi connectivity index (χ1n) is 10.4. The molecule has 2 fully saturated rings. The van der Waals surface area contributed by atoms with E-state index in [0.717, 1.165) is 44.8 Å². The summed E-state index contributed by atoms with van der Waals surface area (Å²) >= 11 is 0. The van der Waals surface area contributed by atoms with Crippen LogP contribution in [-0.2, 0) is 0 Å². The zero-order chi connectivity index (χ0) is 19.5. The summed E-state index contributed by atoms with van der Waals surface area (Å²) in [6.45, 7) is 8.21. The van der Waals surface area contributed by atoms with Gasteiger partial charge in [0.05, 0.1) is 5.56 Å². The van der Waals surface area contributed by atoms with Gasteiger partial charge in [0.15, 0.2) is 0 Å². The van der Waals surface area contributed by atoms with Crippen molar-refractivity contribution in [2.45, 2.75) is 45.6 Å². The van der Waals surface area contributed by atoms with Gasteiger partial charge in [-0.15, -0.1) is 0 Å². The van der Waals surface area contributed by atoms with Gasteiger partial charge in [-0.1, -0.05) is 25.0 Å². The number of hydrogen-bond acceptors (Lipinski definition) is 4. The predicted molar refractivity (Wildman–Crippen MR) is 114 cm³/mol. The monoisotopic (exact) mass is 378 g/mol. The molecule has 1 saturated heterocycles. The summed E-state index contributed by atoms with van der Waals surface area (Å²) in [5, 5.41) is 3.13. The number of nitrogens with one attached hydrogen (secondary N) is 1. The number of amides is 1. The lowest BCUT2D eigenvalue weighted by Crippen LogP contribution is -2.47. The molecule has 28 heavy (non-hydrogen) atoms. The molecule has 5 heteroatoms. The van der Waals surface area contributed by atoms with Gasteiger partial charge >= 0.3 is 0 Å². The summed E-state index contributed by atoms with van der Waals surface area (Å²) in [6, 6.07) is 10.8. The van der Waals surface area contributed by atoms with Gasteiger partial charge in [0, 0.05) is 44.1 Å². The highest BCUT2D eigenvalue weighted by Crippen LogP contribution is 2.25. The molecule has 1 amide bonds. The minimum absolute atomic E-state index is 0.00527. The summed E-state index contributed by atoms with van der Waals surface area (Å²) in [4.78, 5) is 21.7. The van der Waals surface area contributed by atoms with Gasteiger partial charge in [0.25, 0.3) is 5.91 Å². The molecular formula is C23H30N4O. The van der Waals surface area contributed by atoms with E-state index >= 15 is 0 Å². The molecule has 1 aromatic carbocycles. The van der Waals surface area contributed by atoms with Gasteiger partial charge in [-0.3, -0.25) is 4.79 Å². The highest BCUT2D eigenvalue weighted by Gasteiger charge is 2.21. The maximum atomic E-state index is 12.4. The number of aryl methyl sites for hydroxylation is 1. The Kier molecular flexibility index (Phi) is 5.51. The Morgan fingerprint density at radius 3 is 2.39 bits per heavy atom. The van der Waals surface area contributed by atoms with Gasteiger partial charge in [-0.05, 0) is 56.0 Å². The van der Waals surface area contributed by atoms with E-state index in [4.69, 9.17) is 0 Å². The molecule has 0 radical (unpaired) electrons. The molecule has 0 spiro atoms. The van der Waals surface area contributed by atoms with Crippen LogP contribution in [0.25, 0.3) is 0 Å². The van der Waals surface area contributed by atoms with E-state index in [9.17, 15) is 4.79 Å². The van der Waals surface area contributed by atoms with E-state index in [1.54, 1.807) is 6.20 Å². The smallest absolute Gasteiger partial charge is 0.253 e. The third-order valence-corrected chi connectivity index (χ3v) is 6.22. The zero-order valence-electron chi connectivity index (χ0n) is 16.9. The van der Waals surface area contributed by atoms with Crippen molar-refractivity contribution in [1.82, 2.24) is 10.3 Å². The van der Waals surface area contributed by atoms with Crippen molar-refractivity contribution < 1.29 is 4.79 Å². The van der Waals surface area contributed by atoms with Crippen molar-refractivity contribution in [3.63, 3.8) is 0 Å². The van der Waals surface area contributed by atoms with Crippen molar-refractivity contribution in [2.24, 2.45) is 0 Å². The van der Waals surface area contributed by atoms with Gasteiger partial charge < -0.3 is 15.1 Å². The molecule has 2 aliphatic rings. The quantitative estimate of drug-likeness (QED) is 0.881. The maximum Gasteiger partial charge on any atom is 0.253 e. The third-order valence-electron chi connectivity index (χ3n) is 6.22. The third kappa shape index (κ3) is 3.98. The van der Waals surface area contributed by atoms with Crippen molar-refractivity contribution in [3.8, 4) is 0 Å². The lowest BCUT2D eigenvalue weighted by molar-refractivity contribution is 0.0937. The fourth-order valence-corrected chi connectivity index (χ4v) is 4.30. The second-order valence-electron chi connectivity index (χ2n) is 8.05. The Bertz CT molecular complexity index is 819. The van der Waals surface area contributed by atoms with Crippen molar-refractivity contribution in [1.29, 1.82) is 0 Å². The molecule has 1 aliphatic heterocycles. The average Bonchev–Trinajstić information content (AvgIpc) is 3.23. The predicted octanol–water partition coefficient (Wildman–Crippen LogP) is 3.70. The molecular weight excluding hydrogens is 348 g/mol. The van der Waals surface area contributed by atoms with Crippen molar-refractivity contribution in [2.75, 3.05) is 36.0 Å². The molecule has 0 atom stereocenters. The lowest BCUT2D eigenvalue weighted by Gasteiger charge is -2.37. The Balaban J connectivity index is 1.35. The number of carbonyl (C=O) groups is 1. The van der Waals surface area contributed by atoms with E-state index in [1.165, 1.54) is 29.7 Å².